The number of rotatable bonds is 3. The average Bonchev–Trinajstić information content (AvgIpc) is 2.68. The van der Waals surface area contributed by atoms with Gasteiger partial charge in [0.15, 0.2) is 6.04 Å². The maximum Gasteiger partial charge on any atom is 0.162 e. The standard InChI is InChI=1S/C15H17Cl2N3O/c1-9-7-15(2,3)20(19-9)12(8-18)10-5-6-11(16)13(17)14(10)21-4/h5-6,12H,7H2,1-4H3/t12-/m0/s1. The zero-order chi connectivity index (χ0) is 15.8. The highest BCUT2D eigenvalue weighted by atomic mass is 35.5. The minimum atomic E-state index is -0.581. The van der Waals surface area contributed by atoms with Crippen LogP contribution >= 0.6 is 23.2 Å². The number of halogens is 2. The van der Waals surface area contributed by atoms with Gasteiger partial charge in [0.1, 0.15) is 10.8 Å². The number of benzene rings is 1. The van der Waals surface area contributed by atoms with E-state index in [0.29, 0.717) is 21.4 Å². The summed E-state index contributed by atoms with van der Waals surface area (Å²) < 4.78 is 5.35. The Morgan fingerprint density at radius 2 is 2.10 bits per heavy atom. The molecule has 0 aliphatic carbocycles. The Labute approximate surface area is 134 Å². The van der Waals surface area contributed by atoms with E-state index in [2.05, 4.69) is 25.0 Å². The maximum absolute atomic E-state index is 9.65. The second kappa shape index (κ2) is 5.75. The molecule has 0 bridgehead atoms. The second-order valence-corrected chi connectivity index (χ2v) is 6.47. The molecule has 0 fully saturated rings. The fourth-order valence-electron chi connectivity index (χ4n) is 2.69. The number of hydrogen-bond acceptors (Lipinski definition) is 4. The Hall–Kier alpha value is -1.44. The van der Waals surface area contributed by atoms with Crippen molar-refractivity contribution < 1.29 is 4.74 Å². The molecule has 1 atom stereocenters. The molecule has 0 spiro atoms. The summed E-state index contributed by atoms with van der Waals surface area (Å²) in [5, 5.41) is 16.7. The van der Waals surface area contributed by atoms with Crippen LogP contribution in [0.5, 0.6) is 5.75 Å². The largest absolute Gasteiger partial charge is 0.495 e. The molecule has 1 heterocycles. The number of nitriles is 1. The van der Waals surface area contributed by atoms with Crippen LogP contribution in [0.2, 0.25) is 10.0 Å². The van der Waals surface area contributed by atoms with Crippen LogP contribution in [0.25, 0.3) is 0 Å². The van der Waals surface area contributed by atoms with E-state index >= 15 is 0 Å². The Bertz CT molecular complexity index is 635. The highest BCUT2D eigenvalue weighted by Crippen LogP contribution is 2.42. The van der Waals surface area contributed by atoms with Gasteiger partial charge >= 0.3 is 0 Å². The summed E-state index contributed by atoms with van der Waals surface area (Å²) in [6, 6.07) is 5.15. The van der Waals surface area contributed by atoms with Gasteiger partial charge in [-0.1, -0.05) is 29.3 Å². The summed E-state index contributed by atoms with van der Waals surface area (Å²) in [6.07, 6.45) is 0.814. The Kier molecular flexibility index (Phi) is 4.36. The minimum Gasteiger partial charge on any atom is -0.495 e. The van der Waals surface area contributed by atoms with Crippen molar-refractivity contribution in [2.45, 2.75) is 38.8 Å². The van der Waals surface area contributed by atoms with E-state index in [1.54, 1.807) is 12.1 Å². The summed E-state index contributed by atoms with van der Waals surface area (Å²) in [5.41, 5.74) is 1.43. The van der Waals surface area contributed by atoms with Gasteiger partial charge in [0.25, 0.3) is 0 Å². The van der Waals surface area contributed by atoms with Gasteiger partial charge < -0.3 is 4.74 Å². The Morgan fingerprint density at radius 1 is 1.43 bits per heavy atom. The Morgan fingerprint density at radius 3 is 2.57 bits per heavy atom. The van der Waals surface area contributed by atoms with E-state index in [0.717, 1.165) is 12.1 Å². The van der Waals surface area contributed by atoms with Crippen LogP contribution in [-0.2, 0) is 0 Å². The van der Waals surface area contributed by atoms with Gasteiger partial charge in [-0.2, -0.15) is 10.4 Å². The van der Waals surface area contributed by atoms with Gasteiger partial charge in [-0.15, -0.1) is 0 Å². The van der Waals surface area contributed by atoms with E-state index in [1.165, 1.54) is 7.11 Å². The molecule has 0 N–H and O–H groups in total. The van der Waals surface area contributed by atoms with Crippen molar-refractivity contribution in [3.05, 3.63) is 27.7 Å². The van der Waals surface area contributed by atoms with Gasteiger partial charge in [-0.3, -0.25) is 5.01 Å². The van der Waals surface area contributed by atoms with Gasteiger partial charge in [0.2, 0.25) is 0 Å². The molecule has 0 unspecified atom stereocenters. The van der Waals surface area contributed by atoms with Crippen molar-refractivity contribution in [3.8, 4) is 11.8 Å². The molecule has 2 rings (SSSR count). The van der Waals surface area contributed by atoms with E-state index in [4.69, 9.17) is 27.9 Å². The quantitative estimate of drug-likeness (QED) is 0.826. The average molecular weight is 326 g/mol. The second-order valence-electron chi connectivity index (χ2n) is 5.68. The molecule has 21 heavy (non-hydrogen) atoms. The number of methoxy groups -OCH3 is 1. The SMILES string of the molecule is COc1c([C@H](C#N)N2N=C(C)CC2(C)C)ccc(Cl)c1Cl. The van der Waals surface area contributed by atoms with Crippen LogP contribution in [0.4, 0.5) is 0 Å². The van der Waals surface area contributed by atoms with E-state index < -0.39 is 6.04 Å². The third kappa shape index (κ3) is 2.81. The lowest BCUT2D eigenvalue weighted by Gasteiger charge is -2.34. The summed E-state index contributed by atoms with van der Waals surface area (Å²) in [4.78, 5) is 0. The fraction of sp³-hybridized carbons (Fsp3) is 0.467. The molecule has 0 saturated heterocycles. The molecule has 1 aliphatic heterocycles. The number of hydrazone groups is 1. The first-order chi connectivity index (χ1) is 9.81. The third-order valence-electron chi connectivity index (χ3n) is 3.53. The monoisotopic (exact) mass is 325 g/mol. The first-order valence-corrected chi connectivity index (χ1v) is 7.32. The molecule has 1 aromatic rings. The summed E-state index contributed by atoms with van der Waals surface area (Å²) in [5.74, 6) is 0.422. The molecular weight excluding hydrogens is 309 g/mol. The van der Waals surface area contributed by atoms with Gasteiger partial charge in [0, 0.05) is 17.7 Å². The molecule has 1 aliphatic rings. The van der Waals surface area contributed by atoms with Crippen molar-refractivity contribution in [2.75, 3.05) is 7.11 Å². The van der Waals surface area contributed by atoms with E-state index in [1.807, 2.05) is 11.9 Å². The first-order valence-electron chi connectivity index (χ1n) is 6.56. The van der Waals surface area contributed by atoms with E-state index in [9.17, 15) is 5.26 Å². The lowest BCUT2D eigenvalue weighted by atomic mass is 9.95. The van der Waals surface area contributed by atoms with Crippen molar-refractivity contribution in [2.24, 2.45) is 5.10 Å². The zero-order valence-corrected chi connectivity index (χ0v) is 14.0. The maximum atomic E-state index is 9.65. The van der Waals surface area contributed by atoms with E-state index in [-0.39, 0.29) is 5.54 Å². The molecule has 0 radical (unpaired) electrons. The third-order valence-corrected chi connectivity index (χ3v) is 4.32. The lowest BCUT2D eigenvalue weighted by Crippen LogP contribution is -2.38. The van der Waals surface area contributed by atoms with Crippen LogP contribution in [-0.4, -0.2) is 23.4 Å². The van der Waals surface area contributed by atoms with Crippen LogP contribution in [0, 0.1) is 11.3 Å². The predicted octanol–water partition coefficient (Wildman–Crippen LogP) is 4.43. The van der Waals surface area contributed by atoms with Crippen LogP contribution in [0.15, 0.2) is 17.2 Å². The van der Waals surface area contributed by atoms with Crippen LogP contribution in [0.3, 0.4) is 0 Å². The van der Waals surface area contributed by atoms with Crippen molar-refractivity contribution in [1.29, 1.82) is 5.26 Å². The topological polar surface area (TPSA) is 48.6 Å². The highest BCUT2D eigenvalue weighted by Gasteiger charge is 2.39. The molecule has 0 saturated carbocycles. The van der Waals surface area contributed by atoms with Gasteiger partial charge in [0.05, 0.1) is 23.7 Å². The molecule has 1 aromatic carbocycles. The molecule has 112 valence electrons. The molecular formula is C15H17Cl2N3O. The van der Waals surface area contributed by atoms with Gasteiger partial charge in [-0.05, 0) is 26.8 Å². The molecule has 4 nitrogen and oxygen atoms in total. The number of nitrogens with zero attached hydrogens (tertiary/aromatic N) is 3. The summed E-state index contributed by atoms with van der Waals surface area (Å²) in [6.45, 7) is 6.07. The van der Waals surface area contributed by atoms with Gasteiger partial charge in [-0.25, -0.2) is 0 Å². The van der Waals surface area contributed by atoms with Crippen molar-refractivity contribution in [1.82, 2.24) is 5.01 Å². The predicted molar refractivity (Wildman–Crippen MR) is 85.0 cm³/mol. The summed E-state index contributed by atoms with van der Waals surface area (Å²) >= 11 is 12.2. The van der Waals surface area contributed by atoms with Crippen LogP contribution in [0.1, 0.15) is 38.8 Å². The summed E-state index contributed by atoms with van der Waals surface area (Å²) in [7, 11) is 1.51. The highest BCUT2D eigenvalue weighted by molar-refractivity contribution is 6.43. The molecule has 6 heteroatoms. The number of ether oxygens (including phenoxy) is 1. The molecule has 0 aromatic heterocycles. The van der Waals surface area contributed by atoms with Crippen molar-refractivity contribution >= 4 is 28.9 Å². The first kappa shape index (κ1) is 15.9. The smallest absolute Gasteiger partial charge is 0.162 e. The lowest BCUT2D eigenvalue weighted by molar-refractivity contribution is 0.121. The molecule has 0 amide bonds. The zero-order valence-electron chi connectivity index (χ0n) is 12.4. The van der Waals surface area contributed by atoms with Crippen molar-refractivity contribution in [3.63, 3.8) is 0 Å². The minimum absolute atomic E-state index is 0.235. The normalized spacial score (nSPS) is 18.1. The Balaban J connectivity index is 2.54. The van der Waals surface area contributed by atoms with Crippen LogP contribution < -0.4 is 4.74 Å². The number of hydrogen-bond donors (Lipinski definition) is 0. The fourth-order valence-corrected chi connectivity index (χ4v) is 3.09.